The van der Waals surface area contributed by atoms with Crippen LogP contribution in [0.5, 0.6) is 0 Å². The van der Waals surface area contributed by atoms with Crippen molar-refractivity contribution in [3.8, 4) is 11.1 Å². The van der Waals surface area contributed by atoms with E-state index in [1.165, 1.54) is 11.8 Å². The predicted octanol–water partition coefficient (Wildman–Crippen LogP) is 3.52. The largest absolute Gasteiger partial charge is 0.390 e. The van der Waals surface area contributed by atoms with Crippen LogP contribution in [0.25, 0.3) is 11.1 Å². The fourth-order valence-electron chi connectivity index (χ4n) is 1.79. The third-order valence-corrected chi connectivity index (χ3v) is 3.79. The number of amides is 1. The number of rotatable bonds is 3. The number of benzene rings is 1. The lowest BCUT2D eigenvalue weighted by Gasteiger charge is -2.04. The number of carbonyl (C=O) groups excluding carboxylic acids is 1. The first-order chi connectivity index (χ1) is 8.60. The Morgan fingerprint density at radius 1 is 1.33 bits per heavy atom. The normalized spacial score (nSPS) is 10.3. The fourth-order valence-corrected chi connectivity index (χ4v) is 2.68. The molecule has 0 aliphatic carbocycles. The number of anilines is 2. The fraction of sp³-hybridized carbons (Fsp3) is 0.214. The Hall–Kier alpha value is -1.81. The van der Waals surface area contributed by atoms with Gasteiger partial charge in [-0.2, -0.15) is 0 Å². The Bertz CT molecular complexity index is 558. The molecule has 0 bridgehead atoms. The number of aryl methyl sites for hydroxylation is 1. The minimum absolute atomic E-state index is 0.0638. The number of nitrogens with one attached hydrogen (secondary N) is 1. The van der Waals surface area contributed by atoms with Gasteiger partial charge in [0.15, 0.2) is 0 Å². The molecule has 0 saturated carbocycles. The molecule has 18 heavy (non-hydrogen) atoms. The van der Waals surface area contributed by atoms with Gasteiger partial charge < -0.3 is 11.1 Å². The Kier molecular flexibility index (Phi) is 3.67. The van der Waals surface area contributed by atoms with Crippen LogP contribution in [-0.4, -0.2) is 5.91 Å². The molecule has 2 aromatic rings. The predicted molar refractivity (Wildman–Crippen MR) is 77.8 cm³/mol. The summed E-state index contributed by atoms with van der Waals surface area (Å²) in [7, 11) is 0. The second-order valence-electron chi connectivity index (χ2n) is 4.10. The molecule has 0 aliphatic heterocycles. The molecule has 0 spiro atoms. The number of hydrogen-bond donors (Lipinski definition) is 2. The molecule has 1 aromatic heterocycles. The van der Waals surface area contributed by atoms with E-state index in [-0.39, 0.29) is 5.91 Å². The molecule has 1 amide bonds. The van der Waals surface area contributed by atoms with E-state index in [0.29, 0.717) is 0 Å². The summed E-state index contributed by atoms with van der Waals surface area (Å²) in [5, 5.41) is 3.59. The lowest BCUT2D eigenvalue weighted by Crippen LogP contribution is -2.05. The van der Waals surface area contributed by atoms with Crippen LogP contribution in [0.2, 0.25) is 0 Å². The Morgan fingerprint density at radius 2 is 2.00 bits per heavy atom. The zero-order chi connectivity index (χ0) is 13.1. The van der Waals surface area contributed by atoms with Crippen molar-refractivity contribution < 1.29 is 4.79 Å². The minimum atomic E-state index is -0.0638. The Morgan fingerprint density at radius 3 is 2.50 bits per heavy atom. The second kappa shape index (κ2) is 5.23. The Balaban J connectivity index is 2.28. The highest BCUT2D eigenvalue weighted by Gasteiger charge is 2.07. The number of nitrogens with two attached hydrogens (primary N) is 1. The van der Waals surface area contributed by atoms with E-state index in [9.17, 15) is 4.79 Å². The monoisotopic (exact) mass is 260 g/mol. The van der Waals surface area contributed by atoms with Crippen molar-refractivity contribution in [3.63, 3.8) is 0 Å². The highest BCUT2D eigenvalue weighted by Crippen LogP contribution is 2.34. The first-order valence-corrected chi connectivity index (χ1v) is 6.68. The van der Waals surface area contributed by atoms with Crippen molar-refractivity contribution in [2.75, 3.05) is 11.1 Å². The molecular weight excluding hydrogens is 244 g/mol. The van der Waals surface area contributed by atoms with Gasteiger partial charge in [-0.25, -0.2) is 0 Å². The maximum Gasteiger partial charge on any atom is 0.221 e. The quantitative estimate of drug-likeness (QED) is 0.887. The third kappa shape index (κ3) is 2.71. The van der Waals surface area contributed by atoms with Gasteiger partial charge in [0.05, 0.1) is 5.00 Å². The molecule has 3 N–H and O–H groups in total. The molecule has 0 saturated heterocycles. The van der Waals surface area contributed by atoms with Crippen LogP contribution in [0.1, 0.15) is 18.7 Å². The summed E-state index contributed by atoms with van der Waals surface area (Å²) in [4.78, 5) is 12.2. The second-order valence-corrected chi connectivity index (χ2v) is 5.27. The van der Waals surface area contributed by atoms with E-state index in [1.54, 1.807) is 11.3 Å². The topological polar surface area (TPSA) is 55.1 Å². The van der Waals surface area contributed by atoms with Crippen molar-refractivity contribution in [2.24, 2.45) is 0 Å². The van der Waals surface area contributed by atoms with Gasteiger partial charge in [-0.3, -0.25) is 4.79 Å². The molecular formula is C14H16N2OS. The van der Waals surface area contributed by atoms with Gasteiger partial charge in [-0.05, 0) is 30.2 Å². The zero-order valence-corrected chi connectivity index (χ0v) is 11.3. The molecule has 0 fully saturated rings. The van der Waals surface area contributed by atoms with E-state index in [0.717, 1.165) is 28.2 Å². The van der Waals surface area contributed by atoms with Crippen LogP contribution in [0.4, 0.5) is 10.7 Å². The van der Waals surface area contributed by atoms with Gasteiger partial charge in [0.1, 0.15) is 0 Å². The zero-order valence-electron chi connectivity index (χ0n) is 10.5. The van der Waals surface area contributed by atoms with Crippen molar-refractivity contribution in [3.05, 3.63) is 35.2 Å². The van der Waals surface area contributed by atoms with Crippen LogP contribution in [0.3, 0.4) is 0 Å². The molecule has 94 valence electrons. The van der Waals surface area contributed by atoms with Crippen molar-refractivity contribution in [1.29, 1.82) is 0 Å². The van der Waals surface area contributed by atoms with Crippen LogP contribution >= 0.6 is 11.3 Å². The van der Waals surface area contributed by atoms with Gasteiger partial charge in [0.2, 0.25) is 5.91 Å². The van der Waals surface area contributed by atoms with E-state index in [1.807, 2.05) is 24.3 Å². The molecule has 1 aromatic carbocycles. The van der Waals surface area contributed by atoms with E-state index >= 15 is 0 Å². The maximum absolute atomic E-state index is 10.9. The van der Waals surface area contributed by atoms with Crippen LogP contribution in [0, 0.1) is 0 Å². The summed E-state index contributed by atoms with van der Waals surface area (Å²) in [5.41, 5.74) is 8.97. The van der Waals surface area contributed by atoms with Crippen molar-refractivity contribution >= 4 is 27.9 Å². The molecule has 0 unspecified atom stereocenters. The molecule has 2 rings (SSSR count). The molecule has 0 atom stereocenters. The maximum atomic E-state index is 10.9. The standard InChI is InChI=1S/C14H16N2OS/c1-3-12-8-13(14(15)18-12)10-4-6-11(7-5-10)16-9(2)17/h4-8H,3,15H2,1-2H3,(H,16,17). The molecule has 1 heterocycles. The third-order valence-electron chi connectivity index (χ3n) is 2.68. The average Bonchev–Trinajstić information content (AvgIpc) is 2.71. The first kappa shape index (κ1) is 12.6. The van der Waals surface area contributed by atoms with Crippen LogP contribution < -0.4 is 11.1 Å². The summed E-state index contributed by atoms with van der Waals surface area (Å²) in [6, 6.07) is 9.86. The average molecular weight is 260 g/mol. The number of thiophene rings is 1. The van der Waals surface area contributed by atoms with Gasteiger partial charge in [-0.15, -0.1) is 11.3 Å². The minimum Gasteiger partial charge on any atom is -0.390 e. The number of carbonyl (C=O) groups is 1. The van der Waals surface area contributed by atoms with E-state index in [2.05, 4.69) is 18.3 Å². The summed E-state index contributed by atoms with van der Waals surface area (Å²) in [6.07, 6.45) is 0.999. The molecule has 0 aliphatic rings. The summed E-state index contributed by atoms with van der Waals surface area (Å²) in [6.45, 7) is 3.62. The van der Waals surface area contributed by atoms with Gasteiger partial charge in [-0.1, -0.05) is 19.1 Å². The highest BCUT2D eigenvalue weighted by molar-refractivity contribution is 7.16. The van der Waals surface area contributed by atoms with Crippen LogP contribution in [0.15, 0.2) is 30.3 Å². The lowest BCUT2D eigenvalue weighted by atomic mass is 10.1. The van der Waals surface area contributed by atoms with Crippen LogP contribution in [-0.2, 0) is 11.2 Å². The Labute approximate surface area is 111 Å². The summed E-state index contributed by atoms with van der Waals surface area (Å²) < 4.78 is 0. The van der Waals surface area contributed by atoms with Gasteiger partial charge >= 0.3 is 0 Å². The molecule has 4 heteroatoms. The SMILES string of the molecule is CCc1cc(-c2ccc(NC(C)=O)cc2)c(N)s1. The van der Waals surface area contributed by atoms with Gasteiger partial charge in [0, 0.05) is 23.1 Å². The molecule has 0 radical (unpaired) electrons. The van der Waals surface area contributed by atoms with E-state index < -0.39 is 0 Å². The smallest absolute Gasteiger partial charge is 0.221 e. The first-order valence-electron chi connectivity index (χ1n) is 5.86. The summed E-state index contributed by atoms with van der Waals surface area (Å²) in [5.74, 6) is -0.0638. The highest BCUT2D eigenvalue weighted by atomic mass is 32.1. The number of nitrogen functional groups attached to an aromatic ring is 1. The number of hydrogen-bond acceptors (Lipinski definition) is 3. The molecule has 3 nitrogen and oxygen atoms in total. The summed E-state index contributed by atoms with van der Waals surface area (Å²) >= 11 is 1.63. The van der Waals surface area contributed by atoms with Crippen molar-refractivity contribution in [1.82, 2.24) is 0 Å². The van der Waals surface area contributed by atoms with E-state index in [4.69, 9.17) is 5.73 Å². The van der Waals surface area contributed by atoms with Crippen molar-refractivity contribution in [2.45, 2.75) is 20.3 Å². The lowest BCUT2D eigenvalue weighted by molar-refractivity contribution is -0.114. The van der Waals surface area contributed by atoms with Gasteiger partial charge in [0.25, 0.3) is 0 Å².